The summed E-state index contributed by atoms with van der Waals surface area (Å²) in [5.74, 6) is 0. The molecule has 0 spiro atoms. The second-order valence-corrected chi connectivity index (χ2v) is 5.56. The average Bonchev–Trinajstić information content (AvgIpc) is 2.24. The third-order valence-corrected chi connectivity index (χ3v) is 2.65. The summed E-state index contributed by atoms with van der Waals surface area (Å²) in [4.78, 5) is 12.6. The summed E-state index contributed by atoms with van der Waals surface area (Å²) in [5.41, 5.74) is 1.66. The fourth-order valence-corrected chi connectivity index (χ4v) is 1.54. The summed E-state index contributed by atoms with van der Waals surface area (Å²) < 4.78 is 0. The third-order valence-electron chi connectivity index (χ3n) is 2.65. The van der Waals surface area contributed by atoms with Gasteiger partial charge in [-0.1, -0.05) is 26.8 Å². The highest BCUT2D eigenvalue weighted by Crippen LogP contribution is 2.29. The third kappa shape index (κ3) is 3.58. The molecule has 0 bridgehead atoms. The second-order valence-electron chi connectivity index (χ2n) is 5.56. The molecule has 0 amide bonds. The Labute approximate surface area is 108 Å². The first-order valence-corrected chi connectivity index (χ1v) is 5.85. The molecule has 0 radical (unpaired) electrons. The first-order valence-electron chi connectivity index (χ1n) is 5.85. The smallest absolute Gasteiger partial charge is 0.276 e. The molecule has 0 fully saturated rings. The van der Waals surface area contributed by atoms with Crippen molar-refractivity contribution in [3.63, 3.8) is 0 Å². The van der Waals surface area contributed by atoms with E-state index in [1.165, 1.54) is 0 Å². The van der Waals surface area contributed by atoms with E-state index in [1.807, 2.05) is 45.8 Å². The first-order chi connectivity index (χ1) is 8.21. The Bertz CT molecular complexity index is 471. The van der Waals surface area contributed by atoms with Crippen LogP contribution >= 0.6 is 0 Å². The largest absolute Gasteiger partial charge is 0.383 e. The number of nitro benzene ring substituents is 1. The number of hydrogen-bond acceptors (Lipinski definition) is 3. The van der Waals surface area contributed by atoms with Crippen molar-refractivity contribution in [2.45, 2.75) is 26.2 Å². The van der Waals surface area contributed by atoms with Crippen LogP contribution < -0.4 is 0 Å². The minimum atomic E-state index is -0.329. The van der Waals surface area contributed by atoms with Crippen LogP contribution in [0.25, 0.3) is 6.08 Å². The average molecular weight is 248 g/mol. The molecule has 18 heavy (non-hydrogen) atoms. The summed E-state index contributed by atoms with van der Waals surface area (Å²) in [7, 11) is 3.76. The van der Waals surface area contributed by atoms with E-state index in [1.54, 1.807) is 24.4 Å². The molecule has 4 heteroatoms. The van der Waals surface area contributed by atoms with Crippen molar-refractivity contribution in [3.8, 4) is 0 Å². The van der Waals surface area contributed by atoms with Crippen LogP contribution in [0.4, 0.5) is 5.69 Å². The van der Waals surface area contributed by atoms with E-state index in [-0.39, 0.29) is 16.0 Å². The lowest BCUT2D eigenvalue weighted by Gasteiger charge is -2.18. The first kappa shape index (κ1) is 14.2. The minimum Gasteiger partial charge on any atom is -0.383 e. The monoisotopic (exact) mass is 248 g/mol. The zero-order valence-corrected chi connectivity index (χ0v) is 11.6. The Hall–Kier alpha value is -1.84. The maximum absolute atomic E-state index is 11.1. The predicted octanol–water partition coefficient (Wildman–Crippen LogP) is 3.42. The molecular weight excluding hydrogens is 228 g/mol. The van der Waals surface area contributed by atoms with E-state index in [9.17, 15) is 10.1 Å². The molecule has 1 rings (SSSR count). The van der Waals surface area contributed by atoms with Gasteiger partial charge in [-0.05, 0) is 29.3 Å². The summed E-state index contributed by atoms with van der Waals surface area (Å²) in [6.45, 7) is 6.13. The number of nitro groups is 1. The molecule has 0 aromatic heterocycles. The summed E-state index contributed by atoms with van der Waals surface area (Å²) in [5, 5.41) is 11.1. The molecule has 1 aromatic carbocycles. The zero-order chi connectivity index (χ0) is 13.9. The number of hydrogen-bond donors (Lipinski definition) is 0. The van der Waals surface area contributed by atoms with Crippen LogP contribution in [-0.2, 0) is 5.41 Å². The van der Waals surface area contributed by atoms with Gasteiger partial charge in [0.25, 0.3) is 5.69 Å². The van der Waals surface area contributed by atoms with Crippen molar-refractivity contribution in [1.82, 2.24) is 4.90 Å². The highest BCUT2D eigenvalue weighted by atomic mass is 16.6. The van der Waals surface area contributed by atoms with Gasteiger partial charge in [0.15, 0.2) is 0 Å². The SMILES string of the molecule is CN(C)/C=C/c1ccc(C(C)(C)C)cc1[N+](=O)[O-]. The molecule has 1 aromatic rings. The maximum Gasteiger partial charge on any atom is 0.276 e. The molecule has 0 atom stereocenters. The van der Waals surface area contributed by atoms with Crippen molar-refractivity contribution in [3.05, 3.63) is 45.6 Å². The van der Waals surface area contributed by atoms with Crippen molar-refractivity contribution >= 4 is 11.8 Å². The van der Waals surface area contributed by atoms with E-state index >= 15 is 0 Å². The lowest BCUT2D eigenvalue weighted by atomic mass is 9.86. The van der Waals surface area contributed by atoms with Crippen molar-refractivity contribution in [2.24, 2.45) is 0 Å². The normalized spacial score (nSPS) is 11.8. The van der Waals surface area contributed by atoms with Crippen LogP contribution in [0.15, 0.2) is 24.4 Å². The van der Waals surface area contributed by atoms with Crippen LogP contribution in [0.1, 0.15) is 31.9 Å². The number of nitrogens with zero attached hydrogens (tertiary/aromatic N) is 2. The van der Waals surface area contributed by atoms with Gasteiger partial charge in [-0.2, -0.15) is 0 Å². The number of rotatable bonds is 3. The molecule has 0 saturated heterocycles. The molecule has 0 heterocycles. The molecule has 98 valence electrons. The molecular formula is C14H20N2O2. The Morgan fingerprint density at radius 2 is 1.89 bits per heavy atom. The van der Waals surface area contributed by atoms with Gasteiger partial charge in [-0.25, -0.2) is 0 Å². The van der Waals surface area contributed by atoms with Gasteiger partial charge in [-0.15, -0.1) is 0 Å². The molecule has 0 aliphatic heterocycles. The molecule has 0 N–H and O–H groups in total. The maximum atomic E-state index is 11.1. The summed E-state index contributed by atoms with van der Waals surface area (Å²) in [6, 6.07) is 5.41. The quantitative estimate of drug-likeness (QED) is 0.608. The van der Waals surface area contributed by atoms with Gasteiger partial charge in [-0.3, -0.25) is 10.1 Å². The van der Waals surface area contributed by atoms with Crippen LogP contribution in [0, 0.1) is 10.1 Å². The second kappa shape index (κ2) is 5.21. The Balaban J connectivity index is 3.25. The Kier molecular flexibility index (Phi) is 4.11. The molecule has 4 nitrogen and oxygen atoms in total. The van der Waals surface area contributed by atoms with Crippen molar-refractivity contribution < 1.29 is 4.92 Å². The van der Waals surface area contributed by atoms with Gasteiger partial charge >= 0.3 is 0 Å². The van der Waals surface area contributed by atoms with Crippen molar-refractivity contribution in [2.75, 3.05) is 14.1 Å². The fraction of sp³-hybridized carbons (Fsp3) is 0.429. The number of benzene rings is 1. The lowest BCUT2D eigenvalue weighted by molar-refractivity contribution is -0.385. The van der Waals surface area contributed by atoms with Gasteiger partial charge in [0.2, 0.25) is 0 Å². The van der Waals surface area contributed by atoms with Gasteiger partial charge in [0.1, 0.15) is 0 Å². The Morgan fingerprint density at radius 1 is 1.28 bits per heavy atom. The molecule has 0 unspecified atom stereocenters. The molecule has 0 aliphatic carbocycles. The van der Waals surface area contributed by atoms with E-state index < -0.39 is 0 Å². The van der Waals surface area contributed by atoms with Crippen LogP contribution in [-0.4, -0.2) is 23.9 Å². The highest BCUT2D eigenvalue weighted by molar-refractivity contribution is 5.62. The van der Waals surface area contributed by atoms with Gasteiger partial charge in [0, 0.05) is 20.2 Å². The molecule has 0 aliphatic rings. The van der Waals surface area contributed by atoms with Crippen molar-refractivity contribution in [1.29, 1.82) is 0 Å². The topological polar surface area (TPSA) is 46.4 Å². The van der Waals surface area contributed by atoms with Crippen LogP contribution in [0.3, 0.4) is 0 Å². The lowest BCUT2D eigenvalue weighted by Crippen LogP contribution is -2.11. The molecule has 0 saturated carbocycles. The zero-order valence-electron chi connectivity index (χ0n) is 11.6. The van der Waals surface area contributed by atoms with E-state index in [2.05, 4.69) is 0 Å². The van der Waals surface area contributed by atoms with E-state index in [0.717, 1.165) is 5.56 Å². The fourth-order valence-electron chi connectivity index (χ4n) is 1.54. The van der Waals surface area contributed by atoms with E-state index in [0.29, 0.717) is 5.56 Å². The van der Waals surface area contributed by atoms with Gasteiger partial charge in [0.05, 0.1) is 10.5 Å². The highest BCUT2D eigenvalue weighted by Gasteiger charge is 2.19. The summed E-state index contributed by atoms with van der Waals surface area (Å²) in [6.07, 6.45) is 3.56. The Morgan fingerprint density at radius 3 is 2.33 bits per heavy atom. The standard InChI is InChI=1S/C14H20N2O2/c1-14(2,3)12-7-6-11(8-9-15(4)5)13(10-12)16(17)18/h6-10H,1-5H3/b9-8+. The van der Waals surface area contributed by atoms with Crippen LogP contribution in [0.5, 0.6) is 0 Å². The minimum absolute atomic E-state index is 0.0887. The van der Waals surface area contributed by atoms with E-state index in [4.69, 9.17) is 0 Å². The summed E-state index contributed by atoms with van der Waals surface area (Å²) >= 11 is 0. The predicted molar refractivity (Wildman–Crippen MR) is 74.5 cm³/mol. The van der Waals surface area contributed by atoms with Crippen LogP contribution in [0.2, 0.25) is 0 Å². The van der Waals surface area contributed by atoms with Gasteiger partial charge < -0.3 is 4.90 Å².